The number of ether oxygens (including phenoxy) is 2. The third-order valence-electron chi connectivity index (χ3n) is 6.56. The zero-order valence-electron chi connectivity index (χ0n) is 19.3. The van der Waals surface area contributed by atoms with Crippen molar-refractivity contribution < 1.29 is 13.9 Å². The number of furan rings is 1. The van der Waals surface area contributed by atoms with Crippen molar-refractivity contribution >= 4 is 17.1 Å². The highest BCUT2D eigenvalue weighted by molar-refractivity contribution is 5.74. The molecule has 8 nitrogen and oxygen atoms in total. The molecule has 1 N–H and O–H groups in total. The van der Waals surface area contributed by atoms with E-state index in [1.807, 2.05) is 61.7 Å². The number of aromatic nitrogens is 3. The van der Waals surface area contributed by atoms with Gasteiger partial charge in [0.25, 0.3) is 0 Å². The largest absolute Gasteiger partial charge is 0.486 e. The third-order valence-corrected chi connectivity index (χ3v) is 6.56. The van der Waals surface area contributed by atoms with E-state index in [0.29, 0.717) is 19.2 Å². The molecule has 34 heavy (non-hydrogen) atoms. The number of hydrogen-bond donors (Lipinski definition) is 1. The summed E-state index contributed by atoms with van der Waals surface area (Å²) in [5.41, 5.74) is 1.76. The Bertz CT molecular complexity index is 1270. The van der Waals surface area contributed by atoms with Crippen LogP contribution in [0.1, 0.15) is 24.4 Å². The molecule has 1 fully saturated rings. The van der Waals surface area contributed by atoms with Crippen LogP contribution in [0.2, 0.25) is 0 Å². The highest BCUT2D eigenvalue weighted by Gasteiger charge is 2.27. The molecule has 0 saturated carbocycles. The zero-order chi connectivity index (χ0) is 22.9. The molecule has 0 bridgehead atoms. The minimum absolute atomic E-state index is 0.0615. The van der Waals surface area contributed by atoms with Gasteiger partial charge < -0.3 is 19.2 Å². The fraction of sp³-hybridized carbons (Fsp3) is 0.385. The number of likely N-dealkylation sites (tertiary alicyclic amines) is 1. The molecule has 176 valence electrons. The smallest absolute Gasteiger partial charge is 0.205 e. The Morgan fingerprint density at radius 2 is 1.88 bits per heavy atom. The molecule has 2 aliphatic rings. The maximum atomic E-state index is 6.15. The Morgan fingerprint density at radius 1 is 1.03 bits per heavy atom. The first-order valence-corrected chi connectivity index (χ1v) is 12.0. The molecule has 1 unspecified atom stereocenters. The average molecular weight is 460 g/mol. The van der Waals surface area contributed by atoms with Crippen molar-refractivity contribution in [3.8, 4) is 11.5 Å². The average Bonchev–Trinajstić information content (AvgIpc) is 3.43. The number of aryl methyl sites for hydroxylation is 1. The molecule has 5 heterocycles. The molecule has 1 atom stereocenters. The van der Waals surface area contributed by atoms with Gasteiger partial charge in [0.15, 0.2) is 17.1 Å². The van der Waals surface area contributed by atoms with E-state index in [-0.39, 0.29) is 6.10 Å². The van der Waals surface area contributed by atoms with Gasteiger partial charge in [-0.25, -0.2) is 9.97 Å². The Morgan fingerprint density at radius 3 is 2.71 bits per heavy atom. The van der Waals surface area contributed by atoms with Crippen LogP contribution in [-0.4, -0.2) is 57.8 Å². The van der Waals surface area contributed by atoms with Crippen LogP contribution < -0.4 is 14.8 Å². The van der Waals surface area contributed by atoms with Crippen LogP contribution in [0.5, 0.6) is 11.5 Å². The van der Waals surface area contributed by atoms with E-state index in [9.17, 15) is 0 Å². The molecular weight excluding hydrogens is 430 g/mol. The number of fused-ring (bicyclic) bond motifs is 2. The van der Waals surface area contributed by atoms with Crippen LogP contribution in [0, 0.1) is 6.92 Å². The van der Waals surface area contributed by atoms with Crippen molar-refractivity contribution in [3.05, 3.63) is 66.2 Å². The number of nitrogens with zero attached hydrogens (tertiary/aromatic N) is 4. The number of piperidine rings is 1. The molecule has 1 aromatic carbocycles. The van der Waals surface area contributed by atoms with Gasteiger partial charge in [0.05, 0.1) is 6.54 Å². The minimum Gasteiger partial charge on any atom is -0.486 e. The standard InChI is InChI=1S/C26H29N5O3/c1-18-8-9-20(33-18)16-31-25-22(5-4-12-27-25)29-26(31)28-19-10-13-30(14-11-19)15-21-17-32-23-6-2-3-7-24(23)34-21/h2-9,12,19,21H,10-11,13-17H2,1H3,(H,28,29). The first-order chi connectivity index (χ1) is 16.7. The minimum atomic E-state index is 0.0615. The summed E-state index contributed by atoms with van der Waals surface area (Å²) >= 11 is 0. The second-order valence-corrected chi connectivity index (χ2v) is 9.10. The van der Waals surface area contributed by atoms with E-state index in [4.69, 9.17) is 18.9 Å². The fourth-order valence-corrected chi connectivity index (χ4v) is 4.83. The van der Waals surface area contributed by atoms with E-state index in [0.717, 1.165) is 72.6 Å². The van der Waals surface area contributed by atoms with E-state index < -0.39 is 0 Å². The Kier molecular flexibility index (Phi) is 5.58. The Hall–Kier alpha value is -3.52. The molecule has 0 spiro atoms. The highest BCUT2D eigenvalue weighted by Crippen LogP contribution is 2.31. The monoisotopic (exact) mass is 459 g/mol. The van der Waals surface area contributed by atoms with Crippen molar-refractivity contribution in [1.29, 1.82) is 0 Å². The van der Waals surface area contributed by atoms with Crippen molar-refractivity contribution in [2.45, 2.75) is 38.5 Å². The molecule has 0 radical (unpaired) electrons. The number of rotatable bonds is 6. The number of nitrogens with one attached hydrogen (secondary N) is 1. The number of benzene rings is 1. The highest BCUT2D eigenvalue weighted by atomic mass is 16.6. The SMILES string of the molecule is Cc1ccc(Cn2c(NC3CCN(CC4COc5ccccc5O4)CC3)nc3cccnc32)o1. The molecular formula is C26H29N5O3. The second-order valence-electron chi connectivity index (χ2n) is 9.10. The molecule has 8 heteroatoms. The van der Waals surface area contributed by atoms with Crippen LogP contribution in [0.4, 0.5) is 5.95 Å². The molecule has 1 saturated heterocycles. The summed E-state index contributed by atoms with van der Waals surface area (Å²) in [6.07, 6.45) is 3.96. The van der Waals surface area contributed by atoms with Gasteiger partial charge >= 0.3 is 0 Å². The summed E-state index contributed by atoms with van der Waals surface area (Å²) in [5, 5.41) is 3.69. The van der Waals surface area contributed by atoms with Crippen LogP contribution in [0.3, 0.4) is 0 Å². The van der Waals surface area contributed by atoms with Crippen LogP contribution in [0.25, 0.3) is 11.2 Å². The summed E-state index contributed by atoms with van der Waals surface area (Å²) in [6, 6.07) is 16.2. The van der Waals surface area contributed by atoms with Crippen LogP contribution >= 0.6 is 0 Å². The molecule has 0 aliphatic carbocycles. The van der Waals surface area contributed by atoms with Gasteiger partial charge in [-0.3, -0.25) is 9.47 Å². The lowest BCUT2D eigenvalue weighted by atomic mass is 10.0. The summed E-state index contributed by atoms with van der Waals surface area (Å²) in [5.74, 6) is 4.34. The first kappa shape index (κ1) is 21.0. The lowest BCUT2D eigenvalue weighted by Crippen LogP contribution is -2.46. The summed E-state index contributed by atoms with van der Waals surface area (Å²) in [6.45, 7) is 6.05. The summed E-state index contributed by atoms with van der Waals surface area (Å²) in [7, 11) is 0. The van der Waals surface area contributed by atoms with Gasteiger partial charge in [0, 0.05) is 31.9 Å². The third kappa shape index (κ3) is 4.33. The topological polar surface area (TPSA) is 77.6 Å². The van der Waals surface area contributed by atoms with Crippen molar-refractivity contribution in [3.63, 3.8) is 0 Å². The predicted molar refractivity (Wildman–Crippen MR) is 130 cm³/mol. The van der Waals surface area contributed by atoms with Gasteiger partial charge in [0.2, 0.25) is 5.95 Å². The quantitative estimate of drug-likeness (QED) is 0.465. The van der Waals surface area contributed by atoms with Gasteiger partial charge in [0.1, 0.15) is 29.7 Å². The van der Waals surface area contributed by atoms with Crippen LogP contribution in [-0.2, 0) is 6.54 Å². The normalized spacial score (nSPS) is 18.9. The van der Waals surface area contributed by atoms with Gasteiger partial charge in [-0.2, -0.15) is 0 Å². The van der Waals surface area contributed by atoms with Gasteiger partial charge in [-0.1, -0.05) is 12.1 Å². The predicted octanol–water partition coefficient (Wildman–Crippen LogP) is 4.10. The molecule has 6 rings (SSSR count). The van der Waals surface area contributed by atoms with E-state index in [2.05, 4.69) is 19.8 Å². The van der Waals surface area contributed by atoms with E-state index in [1.54, 1.807) is 0 Å². The zero-order valence-corrected chi connectivity index (χ0v) is 19.3. The summed E-state index contributed by atoms with van der Waals surface area (Å²) < 4.78 is 20.0. The number of anilines is 1. The Labute approximate surface area is 198 Å². The Balaban J connectivity index is 1.09. The van der Waals surface area contributed by atoms with E-state index in [1.165, 1.54) is 0 Å². The maximum Gasteiger partial charge on any atom is 0.205 e. The van der Waals surface area contributed by atoms with Crippen molar-refractivity contribution in [1.82, 2.24) is 19.4 Å². The number of imidazole rings is 1. The molecule has 3 aromatic heterocycles. The number of hydrogen-bond acceptors (Lipinski definition) is 7. The fourth-order valence-electron chi connectivity index (χ4n) is 4.83. The lowest BCUT2D eigenvalue weighted by Gasteiger charge is -2.36. The number of pyridine rings is 1. The van der Waals surface area contributed by atoms with Crippen LogP contribution in [0.15, 0.2) is 59.1 Å². The molecule has 4 aromatic rings. The van der Waals surface area contributed by atoms with Gasteiger partial charge in [-0.05, 0) is 56.2 Å². The number of para-hydroxylation sites is 2. The first-order valence-electron chi connectivity index (χ1n) is 12.0. The van der Waals surface area contributed by atoms with Crippen molar-refractivity contribution in [2.75, 3.05) is 31.6 Å². The van der Waals surface area contributed by atoms with Gasteiger partial charge in [-0.15, -0.1) is 0 Å². The molecule has 0 amide bonds. The summed E-state index contributed by atoms with van der Waals surface area (Å²) in [4.78, 5) is 11.9. The lowest BCUT2D eigenvalue weighted by molar-refractivity contribution is 0.0522. The van der Waals surface area contributed by atoms with E-state index >= 15 is 0 Å². The maximum absolute atomic E-state index is 6.15. The second kappa shape index (κ2) is 9.02. The van der Waals surface area contributed by atoms with Crippen molar-refractivity contribution in [2.24, 2.45) is 0 Å². The molecule has 2 aliphatic heterocycles.